The number of nitroso groups, excluding NO2 is 1. The molecule has 0 aromatic carbocycles. The molecule has 56 valence electrons. The highest BCUT2D eigenvalue weighted by atomic mass is 16.6. The first kappa shape index (κ1) is 7.11. The van der Waals surface area contributed by atoms with Gasteiger partial charge >= 0.3 is 0 Å². The van der Waals surface area contributed by atoms with Gasteiger partial charge in [0.15, 0.2) is 6.04 Å². The van der Waals surface area contributed by atoms with Crippen LogP contribution in [0.15, 0.2) is 5.18 Å². The van der Waals surface area contributed by atoms with Crippen molar-refractivity contribution in [2.45, 2.75) is 31.3 Å². The van der Waals surface area contributed by atoms with E-state index in [1.165, 1.54) is 0 Å². The number of rotatable bonds is 2. The maximum absolute atomic E-state index is 10.2. The standard InChI is InChI=1S/C5H8N2O3/c8-6-4-2-1-3-5(4)7(9)10/h4-5H,1-3H2. The van der Waals surface area contributed by atoms with Crippen LogP contribution in [0.4, 0.5) is 0 Å². The quantitative estimate of drug-likeness (QED) is 0.329. The number of nitro groups is 1. The lowest BCUT2D eigenvalue weighted by atomic mass is 10.2. The van der Waals surface area contributed by atoms with E-state index in [-0.39, 0.29) is 0 Å². The SMILES string of the molecule is O=NC1CCCC1[N+](=O)[O-]. The molecule has 1 saturated carbocycles. The van der Waals surface area contributed by atoms with E-state index in [0.717, 1.165) is 6.42 Å². The van der Waals surface area contributed by atoms with Gasteiger partial charge in [-0.05, 0) is 12.8 Å². The first-order valence-corrected chi connectivity index (χ1v) is 3.21. The predicted molar refractivity (Wildman–Crippen MR) is 34.2 cm³/mol. The Kier molecular flexibility index (Phi) is 1.94. The van der Waals surface area contributed by atoms with Crippen molar-refractivity contribution < 1.29 is 4.92 Å². The molecule has 0 bridgehead atoms. The van der Waals surface area contributed by atoms with E-state index in [1.54, 1.807) is 0 Å². The zero-order valence-electron chi connectivity index (χ0n) is 5.40. The number of hydrogen-bond acceptors (Lipinski definition) is 4. The van der Waals surface area contributed by atoms with Gasteiger partial charge in [-0.25, -0.2) is 0 Å². The average molecular weight is 144 g/mol. The van der Waals surface area contributed by atoms with Gasteiger partial charge in [0.25, 0.3) is 0 Å². The maximum Gasteiger partial charge on any atom is 0.238 e. The summed E-state index contributed by atoms with van der Waals surface area (Å²) >= 11 is 0. The fourth-order valence-corrected chi connectivity index (χ4v) is 1.29. The van der Waals surface area contributed by atoms with Crippen LogP contribution in [0.25, 0.3) is 0 Å². The Hall–Kier alpha value is -1.00. The van der Waals surface area contributed by atoms with Gasteiger partial charge in [-0.2, -0.15) is 4.91 Å². The summed E-state index contributed by atoms with van der Waals surface area (Å²) in [6, 6.07) is -1.28. The maximum atomic E-state index is 10.2. The summed E-state index contributed by atoms with van der Waals surface area (Å²) in [5.41, 5.74) is 0. The Morgan fingerprint density at radius 3 is 2.60 bits per heavy atom. The molecule has 2 atom stereocenters. The molecule has 0 heterocycles. The van der Waals surface area contributed by atoms with Gasteiger partial charge in [0.2, 0.25) is 6.04 Å². The van der Waals surface area contributed by atoms with Crippen molar-refractivity contribution in [2.24, 2.45) is 5.18 Å². The summed E-state index contributed by atoms with van der Waals surface area (Å²) in [5.74, 6) is 0. The summed E-state index contributed by atoms with van der Waals surface area (Å²) in [4.78, 5) is 19.7. The van der Waals surface area contributed by atoms with Gasteiger partial charge in [-0.1, -0.05) is 5.18 Å². The van der Waals surface area contributed by atoms with Crippen LogP contribution in [0.3, 0.4) is 0 Å². The molecule has 1 fully saturated rings. The molecule has 0 aromatic heterocycles. The normalized spacial score (nSPS) is 32.0. The zero-order chi connectivity index (χ0) is 7.56. The van der Waals surface area contributed by atoms with Gasteiger partial charge in [0.1, 0.15) is 0 Å². The highest BCUT2D eigenvalue weighted by Gasteiger charge is 2.37. The molecule has 0 saturated heterocycles. The minimum Gasteiger partial charge on any atom is -0.264 e. The molecule has 5 nitrogen and oxygen atoms in total. The van der Waals surface area contributed by atoms with Gasteiger partial charge < -0.3 is 0 Å². The first-order chi connectivity index (χ1) is 4.75. The molecule has 1 aliphatic rings. The number of nitrogens with zero attached hydrogens (tertiary/aromatic N) is 2. The molecule has 0 spiro atoms. The van der Waals surface area contributed by atoms with Gasteiger partial charge in [0.05, 0.1) is 0 Å². The van der Waals surface area contributed by atoms with Crippen LogP contribution in [0.5, 0.6) is 0 Å². The van der Waals surface area contributed by atoms with Crippen LogP contribution < -0.4 is 0 Å². The second kappa shape index (κ2) is 2.72. The third kappa shape index (κ3) is 1.12. The van der Waals surface area contributed by atoms with Crippen molar-refractivity contribution in [3.05, 3.63) is 15.0 Å². The lowest BCUT2D eigenvalue weighted by Gasteiger charge is -2.02. The van der Waals surface area contributed by atoms with Crippen molar-refractivity contribution >= 4 is 0 Å². The van der Waals surface area contributed by atoms with Crippen molar-refractivity contribution in [3.63, 3.8) is 0 Å². The largest absolute Gasteiger partial charge is 0.264 e. The lowest BCUT2D eigenvalue weighted by molar-refractivity contribution is -0.522. The summed E-state index contributed by atoms with van der Waals surface area (Å²) in [6.45, 7) is 0. The van der Waals surface area contributed by atoms with Crippen molar-refractivity contribution in [1.29, 1.82) is 0 Å². The summed E-state index contributed by atoms with van der Waals surface area (Å²) < 4.78 is 0. The van der Waals surface area contributed by atoms with E-state index in [0.29, 0.717) is 12.8 Å². The Morgan fingerprint density at radius 1 is 1.50 bits per heavy atom. The third-order valence-electron chi connectivity index (χ3n) is 1.85. The van der Waals surface area contributed by atoms with Gasteiger partial charge in [-0.15, -0.1) is 0 Å². The van der Waals surface area contributed by atoms with Crippen LogP contribution in [-0.4, -0.2) is 17.0 Å². The molecule has 5 heteroatoms. The van der Waals surface area contributed by atoms with Crippen molar-refractivity contribution in [3.8, 4) is 0 Å². The van der Waals surface area contributed by atoms with E-state index in [2.05, 4.69) is 5.18 Å². The smallest absolute Gasteiger partial charge is 0.238 e. The Balaban J connectivity index is 2.58. The van der Waals surface area contributed by atoms with Crippen LogP contribution in [0, 0.1) is 15.0 Å². The highest BCUT2D eigenvalue weighted by Crippen LogP contribution is 2.23. The van der Waals surface area contributed by atoms with Crippen LogP contribution >= 0.6 is 0 Å². The molecule has 2 unspecified atom stereocenters. The van der Waals surface area contributed by atoms with Crippen LogP contribution in [0.1, 0.15) is 19.3 Å². The molecule has 1 aliphatic carbocycles. The van der Waals surface area contributed by atoms with E-state index in [9.17, 15) is 15.0 Å². The monoisotopic (exact) mass is 144 g/mol. The summed E-state index contributed by atoms with van der Waals surface area (Å²) in [6.07, 6.45) is 1.83. The molecule has 0 aliphatic heterocycles. The third-order valence-corrected chi connectivity index (χ3v) is 1.85. The van der Waals surface area contributed by atoms with Crippen LogP contribution in [-0.2, 0) is 0 Å². The topological polar surface area (TPSA) is 72.6 Å². The number of hydrogen-bond donors (Lipinski definition) is 0. The molecule has 10 heavy (non-hydrogen) atoms. The second-order valence-corrected chi connectivity index (χ2v) is 2.46. The Labute approximate surface area is 57.5 Å². The highest BCUT2D eigenvalue weighted by molar-refractivity contribution is 4.82. The van der Waals surface area contributed by atoms with E-state index < -0.39 is 17.0 Å². The van der Waals surface area contributed by atoms with E-state index >= 15 is 0 Å². The minimum absolute atomic E-state index is 0.404. The van der Waals surface area contributed by atoms with Crippen molar-refractivity contribution in [2.75, 3.05) is 0 Å². The minimum atomic E-state index is -0.711. The van der Waals surface area contributed by atoms with Gasteiger partial charge in [-0.3, -0.25) is 10.1 Å². The van der Waals surface area contributed by atoms with E-state index in [1.807, 2.05) is 0 Å². The van der Waals surface area contributed by atoms with Gasteiger partial charge in [0, 0.05) is 11.3 Å². The molecule has 1 rings (SSSR count). The average Bonchev–Trinajstić information content (AvgIpc) is 2.33. The Morgan fingerprint density at radius 2 is 2.20 bits per heavy atom. The van der Waals surface area contributed by atoms with Crippen molar-refractivity contribution in [1.82, 2.24) is 0 Å². The fourth-order valence-electron chi connectivity index (χ4n) is 1.29. The molecule has 0 amide bonds. The van der Waals surface area contributed by atoms with E-state index in [4.69, 9.17) is 0 Å². The summed E-state index contributed by atoms with van der Waals surface area (Å²) in [5, 5.41) is 12.9. The first-order valence-electron chi connectivity index (χ1n) is 3.21. The lowest BCUT2D eigenvalue weighted by Crippen LogP contribution is -2.26. The fraction of sp³-hybridized carbons (Fsp3) is 1.00. The second-order valence-electron chi connectivity index (χ2n) is 2.46. The molecule has 0 aromatic rings. The predicted octanol–water partition coefficient (Wildman–Crippen LogP) is 0.951. The summed E-state index contributed by atoms with van der Waals surface area (Å²) in [7, 11) is 0. The molecule has 0 radical (unpaired) electrons. The molecular formula is C5H8N2O3. The van der Waals surface area contributed by atoms with Crippen LogP contribution in [0.2, 0.25) is 0 Å². The Bertz CT molecular complexity index is 159. The molecular weight excluding hydrogens is 136 g/mol. The molecule has 0 N–H and O–H groups in total. The zero-order valence-corrected chi connectivity index (χ0v) is 5.40.